The molecule has 1 aliphatic rings. The highest BCUT2D eigenvalue weighted by atomic mass is 32.2. The molecule has 0 bridgehead atoms. The number of amides is 1. The van der Waals surface area contributed by atoms with Crippen LogP contribution in [0.1, 0.15) is 41.3 Å². The number of carbonyl (C=O) groups excluding carboxylic acids is 1. The number of rotatable bonds is 5. The lowest BCUT2D eigenvalue weighted by Gasteiger charge is -2.15. The van der Waals surface area contributed by atoms with Crippen LogP contribution in [-0.4, -0.2) is 50.1 Å². The van der Waals surface area contributed by atoms with Gasteiger partial charge >= 0.3 is 10.2 Å². The second kappa shape index (κ2) is 8.19. The number of phenols is 1. The Morgan fingerprint density at radius 2 is 2.07 bits per heavy atom. The number of furan rings is 1. The van der Waals surface area contributed by atoms with Gasteiger partial charge in [0.2, 0.25) is 0 Å². The van der Waals surface area contributed by atoms with E-state index < -0.39 is 22.2 Å². The van der Waals surface area contributed by atoms with Crippen LogP contribution in [0.15, 0.2) is 44.1 Å². The quantitative estimate of drug-likeness (QED) is 0.619. The first kappa shape index (κ1) is 21.4. The molecule has 0 saturated carbocycles. The summed E-state index contributed by atoms with van der Waals surface area (Å²) in [6.07, 6.45) is 0.559. The van der Waals surface area contributed by atoms with E-state index in [1.165, 1.54) is 17.0 Å². The van der Waals surface area contributed by atoms with E-state index in [2.05, 4.69) is 19.4 Å². The zero-order valence-corrected chi connectivity index (χ0v) is 17.8. The number of amidine groups is 2. The molecular weight excluding hydrogens is 410 g/mol. The van der Waals surface area contributed by atoms with E-state index in [1.807, 2.05) is 6.92 Å². The Hall–Kier alpha value is -3.34. The third-order valence-electron chi connectivity index (χ3n) is 4.35. The smallest absolute Gasteiger partial charge is 0.345 e. The molecule has 30 heavy (non-hydrogen) atoms. The molecule has 1 aromatic carbocycles. The standard InChI is InChI=1S/C19H23N5O5S/c1-5-13(15-10-9-11(2)29-15)20-17-18(23-30(27,28)22-17)21-14-8-6-7-12(16(14)25)19(26)24(3)4/h6-10,13,25H,5H2,1-4H3,(H,20,22)(H,21,23)/t13-/m0/s1. The van der Waals surface area contributed by atoms with E-state index >= 15 is 0 Å². The highest BCUT2D eigenvalue weighted by Crippen LogP contribution is 2.29. The molecule has 10 nitrogen and oxygen atoms in total. The molecule has 0 saturated heterocycles. The van der Waals surface area contributed by atoms with Crippen LogP contribution in [0.4, 0.5) is 5.69 Å². The number of para-hydroxylation sites is 1. The van der Waals surface area contributed by atoms with Crippen LogP contribution in [0.5, 0.6) is 5.75 Å². The van der Waals surface area contributed by atoms with Crippen LogP contribution < -0.4 is 10.0 Å². The number of nitrogens with zero attached hydrogens (tertiary/aromatic N) is 3. The molecule has 2 aromatic rings. The minimum Gasteiger partial charge on any atom is -0.505 e. The molecule has 160 valence electrons. The lowest BCUT2D eigenvalue weighted by molar-refractivity contribution is 0.0824. The molecule has 0 aliphatic carbocycles. The van der Waals surface area contributed by atoms with Crippen LogP contribution in [0.3, 0.4) is 0 Å². The number of phenolic OH excluding ortho intramolecular Hbond substituents is 1. The molecule has 0 radical (unpaired) electrons. The third-order valence-corrected chi connectivity index (χ3v) is 5.22. The van der Waals surface area contributed by atoms with Crippen molar-refractivity contribution >= 4 is 33.5 Å². The monoisotopic (exact) mass is 433 g/mol. The molecule has 3 rings (SSSR count). The maximum Gasteiger partial charge on any atom is 0.345 e. The highest BCUT2D eigenvalue weighted by Gasteiger charge is 2.29. The fourth-order valence-electron chi connectivity index (χ4n) is 2.86. The van der Waals surface area contributed by atoms with Crippen LogP contribution >= 0.6 is 0 Å². The van der Waals surface area contributed by atoms with Crippen molar-refractivity contribution in [2.75, 3.05) is 19.4 Å². The van der Waals surface area contributed by atoms with Crippen molar-refractivity contribution in [1.29, 1.82) is 0 Å². The second-order valence-corrected chi connectivity index (χ2v) is 8.23. The number of aliphatic imine (C=N–C) groups is 1. The van der Waals surface area contributed by atoms with Crippen molar-refractivity contribution < 1.29 is 22.7 Å². The SMILES string of the molecule is CC[C@H](N=C1NS(=O)(=O)N=C1Nc1cccc(C(=O)N(C)C)c1O)c1ccc(C)o1. The largest absolute Gasteiger partial charge is 0.505 e. The molecule has 1 aliphatic heterocycles. The Kier molecular flexibility index (Phi) is 5.83. The molecule has 0 unspecified atom stereocenters. The first-order valence-corrected chi connectivity index (χ1v) is 10.6. The van der Waals surface area contributed by atoms with Gasteiger partial charge < -0.3 is 19.7 Å². The van der Waals surface area contributed by atoms with Gasteiger partial charge in [0.15, 0.2) is 17.4 Å². The summed E-state index contributed by atoms with van der Waals surface area (Å²) in [7, 11) is -0.869. The van der Waals surface area contributed by atoms with Crippen molar-refractivity contribution in [1.82, 2.24) is 9.62 Å². The topological polar surface area (TPSA) is 137 Å². The average Bonchev–Trinajstić information content (AvgIpc) is 3.23. The second-order valence-electron chi connectivity index (χ2n) is 6.89. The van der Waals surface area contributed by atoms with Gasteiger partial charge in [0.05, 0.1) is 11.3 Å². The van der Waals surface area contributed by atoms with E-state index in [0.717, 1.165) is 5.76 Å². The lowest BCUT2D eigenvalue weighted by atomic mass is 10.1. The Morgan fingerprint density at radius 1 is 1.33 bits per heavy atom. The maximum absolute atomic E-state index is 12.2. The average molecular weight is 433 g/mol. The van der Waals surface area contributed by atoms with Gasteiger partial charge in [-0.2, -0.15) is 8.42 Å². The van der Waals surface area contributed by atoms with Crippen LogP contribution in [0.25, 0.3) is 0 Å². The first-order chi connectivity index (χ1) is 14.1. The summed E-state index contributed by atoms with van der Waals surface area (Å²) in [6.45, 7) is 3.70. The van der Waals surface area contributed by atoms with Gasteiger partial charge in [-0.1, -0.05) is 13.0 Å². The Bertz CT molecular complexity index is 1130. The minimum atomic E-state index is -3.99. The van der Waals surface area contributed by atoms with E-state index in [9.17, 15) is 18.3 Å². The van der Waals surface area contributed by atoms with Gasteiger partial charge in [-0.3, -0.25) is 9.79 Å². The summed E-state index contributed by atoms with van der Waals surface area (Å²) in [5.74, 6) is 0.477. The van der Waals surface area contributed by atoms with Gasteiger partial charge in [-0.05, 0) is 37.6 Å². The number of nitrogens with one attached hydrogen (secondary N) is 2. The molecule has 3 N–H and O–H groups in total. The van der Waals surface area contributed by atoms with Gasteiger partial charge in [0, 0.05) is 14.1 Å². The zero-order valence-electron chi connectivity index (χ0n) is 17.0. The highest BCUT2D eigenvalue weighted by molar-refractivity contribution is 7.89. The molecule has 0 spiro atoms. The van der Waals surface area contributed by atoms with Crippen molar-refractivity contribution in [2.24, 2.45) is 9.39 Å². The van der Waals surface area contributed by atoms with Crippen molar-refractivity contribution in [3.8, 4) is 5.75 Å². The van der Waals surface area contributed by atoms with Crippen molar-refractivity contribution in [3.63, 3.8) is 0 Å². The Balaban J connectivity index is 1.96. The van der Waals surface area contributed by atoms with Gasteiger partial charge in [0.1, 0.15) is 17.6 Å². The van der Waals surface area contributed by atoms with Crippen molar-refractivity contribution in [3.05, 3.63) is 47.4 Å². The summed E-state index contributed by atoms with van der Waals surface area (Å²) in [5, 5.41) is 13.3. The number of aromatic hydroxyl groups is 1. The zero-order chi connectivity index (χ0) is 22.1. The van der Waals surface area contributed by atoms with Crippen molar-refractivity contribution in [2.45, 2.75) is 26.3 Å². The van der Waals surface area contributed by atoms with Gasteiger partial charge in [-0.15, -0.1) is 4.40 Å². The van der Waals surface area contributed by atoms with Crippen LogP contribution in [-0.2, 0) is 10.2 Å². The molecule has 1 amide bonds. The molecule has 2 heterocycles. The Labute approximate surface area is 174 Å². The lowest BCUT2D eigenvalue weighted by Crippen LogP contribution is -2.31. The summed E-state index contributed by atoms with van der Waals surface area (Å²) < 4.78 is 35.6. The number of aryl methyl sites for hydroxylation is 1. The number of hydrogen-bond donors (Lipinski definition) is 3. The predicted molar refractivity (Wildman–Crippen MR) is 113 cm³/mol. The summed E-state index contributed by atoms with van der Waals surface area (Å²) in [4.78, 5) is 18.0. The van der Waals surface area contributed by atoms with E-state index in [-0.39, 0.29) is 28.7 Å². The number of carbonyl (C=O) groups is 1. The fourth-order valence-corrected chi connectivity index (χ4v) is 3.67. The minimum absolute atomic E-state index is 0.0142. The van der Waals surface area contributed by atoms with E-state index in [1.54, 1.807) is 39.2 Å². The summed E-state index contributed by atoms with van der Waals surface area (Å²) >= 11 is 0. The molecule has 11 heteroatoms. The van der Waals surface area contributed by atoms with Crippen LogP contribution in [0, 0.1) is 6.92 Å². The molecule has 0 fully saturated rings. The molecule has 1 atom stereocenters. The number of hydrogen-bond acceptors (Lipinski definition) is 7. The number of anilines is 1. The molecular formula is C19H23N5O5S. The van der Waals surface area contributed by atoms with Crippen LogP contribution in [0.2, 0.25) is 0 Å². The normalized spacial score (nSPS) is 17.3. The third kappa shape index (κ3) is 4.46. The van der Waals surface area contributed by atoms with Gasteiger partial charge in [0.25, 0.3) is 5.91 Å². The van der Waals surface area contributed by atoms with E-state index in [0.29, 0.717) is 12.2 Å². The van der Waals surface area contributed by atoms with E-state index in [4.69, 9.17) is 4.42 Å². The first-order valence-electron chi connectivity index (χ1n) is 9.19. The maximum atomic E-state index is 12.2. The fraction of sp³-hybridized carbons (Fsp3) is 0.316. The van der Waals surface area contributed by atoms with Gasteiger partial charge in [-0.25, -0.2) is 4.72 Å². The summed E-state index contributed by atoms with van der Waals surface area (Å²) in [6, 6.07) is 7.68. The summed E-state index contributed by atoms with van der Waals surface area (Å²) in [5.41, 5.74) is 0.185. The predicted octanol–water partition coefficient (Wildman–Crippen LogP) is 2.20. The number of benzene rings is 1. The molecule has 1 aromatic heterocycles. The Morgan fingerprint density at radius 3 is 2.67 bits per heavy atom.